The van der Waals surface area contributed by atoms with Crippen molar-refractivity contribution in [3.63, 3.8) is 0 Å². The molecule has 0 aliphatic carbocycles. The molecular weight excluding hydrogens is 364 g/mol. The standard InChI is InChI=1S/C21H26O7/c1-6-11(2)19(23)27-16-9-21(4)17(22)8-14(28-21)12(3)7-15-18(16)13(10-25-5)20(24)26-15/h6,8,13,15-16,18H,3,7,9-10H2,1-2,4-5H3/b11-6-/t13-,15+,16+,18-,21-/m0/s1. The van der Waals surface area contributed by atoms with Crippen LogP contribution in [0, 0.1) is 11.8 Å². The first kappa shape index (κ1) is 20.3. The first-order valence-electron chi connectivity index (χ1n) is 9.36. The second-order valence-electron chi connectivity index (χ2n) is 7.75. The van der Waals surface area contributed by atoms with Gasteiger partial charge < -0.3 is 18.9 Å². The summed E-state index contributed by atoms with van der Waals surface area (Å²) in [5.74, 6) is -1.77. The van der Waals surface area contributed by atoms with Crippen LogP contribution in [0.3, 0.4) is 0 Å². The van der Waals surface area contributed by atoms with Crippen LogP contribution in [0.25, 0.3) is 0 Å². The number of esters is 2. The fourth-order valence-corrected chi connectivity index (χ4v) is 4.01. The van der Waals surface area contributed by atoms with Gasteiger partial charge in [0, 0.05) is 37.5 Å². The molecule has 2 saturated heterocycles. The molecule has 2 fully saturated rings. The largest absolute Gasteiger partial charge is 0.479 e. The predicted molar refractivity (Wildman–Crippen MR) is 99.0 cm³/mol. The summed E-state index contributed by atoms with van der Waals surface area (Å²) in [6.07, 6.45) is 2.18. The van der Waals surface area contributed by atoms with E-state index in [4.69, 9.17) is 18.9 Å². The summed E-state index contributed by atoms with van der Waals surface area (Å²) in [6.45, 7) is 9.19. The normalized spacial score (nSPS) is 35.2. The van der Waals surface area contributed by atoms with Crippen LogP contribution in [0.4, 0.5) is 0 Å². The maximum Gasteiger partial charge on any atom is 0.333 e. The molecular formula is C21H26O7. The monoisotopic (exact) mass is 390 g/mol. The minimum atomic E-state index is -1.19. The van der Waals surface area contributed by atoms with Gasteiger partial charge in [-0.15, -0.1) is 0 Å². The summed E-state index contributed by atoms with van der Waals surface area (Å²) in [6, 6.07) is 0. The molecule has 0 spiro atoms. The van der Waals surface area contributed by atoms with Gasteiger partial charge in [0.2, 0.25) is 5.78 Å². The number of fused-ring (bicyclic) bond motifs is 3. The van der Waals surface area contributed by atoms with Gasteiger partial charge in [0.1, 0.15) is 18.0 Å². The molecule has 0 aromatic rings. The Labute approximate surface area is 164 Å². The average Bonchev–Trinajstić information content (AvgIpc) is 3.11. The van der Waals surface area contributed by atoms with Crippen LogP contribution in [0.2, 0.25) is 0 Å². The number of hydrogen-bond donors (Lipinski definition) is 0. The van der Waals surface area contributed by atoms with Gasteiger partial charge in [-0.05, 0) is 26.3 Å². The van der Waals surface area contributed by atoms with Gasteiger partial charge >= 0.3 is 11.9 Å². The van der Waals surface area contributed by atoms with Crippen molar-refractivity contribution in [3.8, 4) is 0 Å². The Bertz CT molecular complexity index is 778. The van der Waals surface area contributed by atoms with Crippen molar-refractivity contribution in [1.82, 2.24) is 0 Å². The number of carbonyl (C=O) groups is 3. The molecule has 0 unspecified atom stereocenters. The highest BCUT2D eigenvalue weighted by Gasteiger charge is 2.55. The van der Waals surface area contributed by atoms with Crippen molar-refractivity contribution in [2.75, 3.05) is 13.7 Å². The molecule has 5 atom stereocenters. The zero-order chi connectivity index (χ0) is 20.6. The average molecular weight is 390 g/mol. The van der Waals surface area contributed by atoms with E-state index >= 15 is 0 Å². The number of allylic oxidation sites excluding steroid dienone is 2. The SMILES string of the molecule is C=C1C[C@H]2OC(=O)[C@@H](COC)[C@@H]2[C@H](OC(=O)/C(C)=C\C)C[C@]2(C)OC1=CC2=O. The fourth-order valence-electron chi connectivity index (χ4n) is 4.01. The van der Waals surface area contributed by atoms with E-state index in [9.17, 15) is 14.4 Å². The molecule has 0 aromatic heterocycles. The molecule has 0 N–H and O–H groups in total. The van der Waals surface area contributed by atoms with Crippen molar-refractivity contribution >= 4 is 17.7 Å². The Morgan fingerprint density at radius 2 is 2.14 bits per heavy atom. The summed E-state index contributed by atoms with van der Waals surface area (Å²) in [5.41, 5.74) is -0.169. The second-order valence-corrected chi connectivity index (χ2v) is 7.75. The Kier molecular flexibility index (Phi) is 5.48. The zero-order valence-electron chi connectivity index (χ0n) is 16.7. The van der Waals surface area contributed by atoms with Crippen molar-refractivity contribution in [1.29, 1.82) is 0 Å². The Morgan fingerprint density at radius 1 is 1.43 bits per heavy atom. The summed E-state index contributed by atoms with van der Waals surface area (Å²) in [5, 5.41) is 0. The third-order valence-electron chi connectivity index (χ3n) is 5.76. The van der Waals surface area contributed by atoms with Gasteiger partial charge in [-0.1, -0.05) is 12.7 Å². The molecule has 152 valence electrons. The highest BCUT2D eigenvalue weighted by Crippen LogP contribution is 2.44. The van der Waals surface area contributed by atoms with Crippen LogP contribution in [-0.4, -0.2) is 49.2 Å². The summed E-state index contributed by atoms with van der Waals surface area (Å²) < 4.78 is 22.5. The molecule has 0 aromatic carbocycles. The van der Waals surface area contributed by atoms with E-state index in [1.165, 1.54) is 13.2 Å². The van der Waals surface area contributed by atoms with Crippen LogP contribution in [0.15, 0.2) is 35.6 Å². The maximum absolute atomic E-state index is 12.6. The van der Waals surface area contributed by atoms with Gasteiger partial charge in [0.05, 0.1) is 12.5 Å². The fraction of sp³-hybridized carbons (Fsp3) is 0.571. The van der Waals surface area contributed by atoms with Gasteiger partial charge in [0.15, 0.2) is 5.60 Å². The van der Waals surface area contributed by atoms with E-state index in [0.29, 0.717) is 23.3 Å². The molecule has 0 radical (unpaired) electrons. The number of hydrogen-bond acceptors (Lipinski definition) is 7. The first-order chi connectivity index (χ1) is 13.2. The summed E-state index contributed by atoms with van der Waals surface area (Å²) >= 11 is 0. The molecule has 7 nitrogen and oxygen atoms in total. The Hall–Kier alpha value is -2.41. The lowest BCUT2D eigenvalue weighted by molar-refractivity contribution is -0.155. The molecule has 2 bridgehead atoms. The van der Waals surface area contributed by atoms with E-state index in [-0.39, 0.29) is 18.8 Å². The third-order valence-corrected chi connectivity index (χ3v) is 5.76. The number of carbonyl (C=O) groups excluding carboxylic acids is 3. The molecule has 3 aliphatic rings. The van der Waals surface area contributed by atoms with Crippen LogP contribution in [-0.2, 0) is 33.3 Å². The van der Waals surface area contributed by atoms with E-state index < -0.39 is 41.6 Å². The molecule has 3 heterocycles. The molecule has 28 heavy (non-hydrogen) atoms. The molecule has 7 heteroatoms. The van der Waals surface area contributed by atoms with Crippen LogP contribution in [0.1, 0.15) is 33.6 Å². The van der Waals surface area contributed by atoms with Crippen molar-refractivity contribution in [3.05, 3.63) is 35.6 Å². The summed E-state index contributed by atoms with van der Waals surface area (Å²) in [7, 11) is 1.50. The van der Waals surface area contributed by atoms with Crippen molar-refractivity contribution in [2.45, 2.75) is 51.4 Å². The van der Waals surface area contributed by atoms with Gasteiger partial charge in [-0.25, -0.2) is 4.79 Å². The lowest BCUT2D eigenvalue weighted by atomic mass is 9.78. The lowest BCUT2D eigenvalue weighted by Crippen LogP contribution is -2.45. The number of ether oxygens (including phenoxy) is 4. The summed E-state index contributed by atoms with van der Waals surface area (Å²) in [4.78, 5) is 37.6. The minimum absolute atomic E-state index is 0.111. The van der Waals surface area contributed by atoms with E-state index in [2.05, 4.69) is 6.58 Å². The van der Waals surface area contributed by atoms with Crippen molar-refractivity contribution in [2.24, 2.45) is 11.8 Å². The smallest absolute Gasteiger partial charge is 0.333 e. The second kappa shape index (κ2) is 7.54. The third kappa shape index (κ3) is 3.51. The van der Waals surface area contributed by atoms with Gasteiger partial charge in [0.25, 0.3) is 0 Å². The van der Waals surface area contributed by atoms with Gasteiger partial charge in [-0.3, -0.25) is 9.59 Å². The quantitative estimate of drug-likeness (QED) is 0.537. The Balaban J connectivity index is 2.03. The van der Waals surface area contributed by atoms with E-state index in [1.54, 1.807) is 26.8 Å². The molecule has 3 rings (SSSR count). The first-order valence-corrected chi connectivity index (χ1v) is 9.36. The number of ketones is 1. The highest BCUT2D eigenvalue weighted by atomic mass is 16.6. The lowest BCUT2D eigenvalue weighted by Gasteiger charge is -2.33. The van der Waals surface area contributed by atoms with E-state index in [0.717, 1.165) is 0 Å². The molecule has 0 saturated carbocycles. The highest BCUT2D eigenvalue weighted by molar-refractivity contribution is 6.00. The zero-order valence-corrected chi connectivity index (χ0v) is 16.7. The minimum Gasteiger partial charge on any atom is -0.479 e. The molecule has 3 aliphatic heterocycles. The maximum atomic E-state index is 12.6. The topological polar surface area (TPSA) is 88.1 Å². The molecule has 0 amide bonds. The predicted octanol–water partition coefficient (Wildman–Crippen LogP) is 2.26. The Morgan fingerprint density at radius 3 is 2.79 bits per heavy atom. The van der Waals surface area contributed by atoms with Crippen LogP contribution in [0.5, 0.6) is 0 Å². The van der Waals surface area contributed by atoms with Gasteiger partial charge in [-0.2, -0.15) is 0 Å². The number of rotatable bonds is 4. The van der Waals surface area contributed by atoms with E-state index in [1.807, 2.05) is 0 Å². The van der Waals surface area contributed by atoms with Crippen LogP contribution >= 0.6 is 0 Å². The number of methoxy groups -OCH3 is 1. The van der Waals surface area contributed by atoms with Crippen molar-refractivity contribution < 1.29 is 33.3 Å². The van der Waals surface area contributed by atoms with Crippen LogP contribution < -0.4 is 0 Å².